The summed E-state index contributed by atoms with van der Waals surface area (Å²) in [4.78, 5) is 0. The van der Waals surface area contributed by atoms with E-state index in [1.807, 2.05) is 48.5 Å². The molecule has 21 heavy (non-hydrogen) atoms. The Morgan fingerprint density at radius 2 is 1.76 bits per heavy atom. The lowest BCUT2D eigenvalue weighted by molar-refractivity contribution is 0.246. The Morgan fingerprint density at radius 1 is 1.00 bits per heavy atom. The molecule has 0 saturated heterocycles. The molecule has 0 radical (unpaired) electrons. The van der Waals surface area contributed by atoms with E-state index in [2.05, 4.69) is 0 Å². The van der Waals surface area contributed by atoms with Crippen molar-refractivity contribution in [3.63, 3.8) is 0 Å². The van der Waals surface area contributed by atoms with Gasteiger partial charge in [-0.05, 0) is 24.3 Å². The highest BCUT2D eigenvalue weighted by atomic mass is 16.5. The van der Waals surface area contributed by atoms with Crippen LogP contribution in [0, 0.1) is 0 Å². The molecule has 0 aliphatic carbocycles. The first-order valence-electron chi connectivity index (χ1n) is 7.16. The largest absolute Gasteiger partial charge is 0.493 e. The highest BCUT2D eigenvalue weighted by Crippen LogP contribution is 2.33. The Balaban J connectivity index is 1.42. The quantitative estimate of drug-likeness (QED) is 0.829. The molecule has 2 aromatic rings. The molecule has 0 fully saturated rings. The predicted octanol–water partition coefficient (Wildman–Crippen LogP) is 2.93. The van der Waals surface area contributed by atoms with E-state index in [0.29, 0.717) is 19.8 Å². The second-order valence-corrected chi connectivity index (χ2v) is 4.98. The van der Waals surface area contributed by atoms with Gasteiger partial charge in [0, 0.05) is 18.1 Å². The maximum absolute atomic E-state index is 5.91. The van der Waals surface area contributed by atoms with Crippen LogP contribution in [0.15, 0.2) is 48.5 Å². The summed E-state index contributed by atoms with van der Waals surface area (Å²) in [5.41, 5.74) is 6.96. The number of hydrogen-bond acceptors (Lipinski definition) is 4. The number of rotatable bonds is 6. The summed E-state index contributed by atoms with van der Waals surface area (Å²) < 4.78 is 16.8. The summed E-state index contributed by atoms with van der Waals surface area (Å²) >= 11 is 0. The molecule has 0 spiro atoms. The molecule has 4 heteroatoms. The van der Waals surface area contributed by atoms with Crippen molar-refractivity contribution in [2.45, 2.75) is 12.5 Å². The summed E-state index contributed by atoms with van der Waals surface area (Å²) in [5.74, 6) is 2.53. The van der Waals surface area contributed by atoms with Gasteiger partial charge in [-0.25, -0.2) is 0 Å². The van der Waals surface area contributed by atoms with Gasteiger partial charge in [0.15, 0.2) is 0 Å². The molecule has 110 valence electrons. The van der Waals surface area contributed by atoms with Crippen LogP contribution in [0.5, 0.6) is 17.2 Å². The van der Waals surface area contributed by atoms with Gasteiger partial charge in [0.05, 0.1) is 19.3 Å². The standard InChI is InChI=1S/C17H19NO3/c18-16-12-21-17-11-14(7-8-15(16)17)20-10-4-9-19-13-5-2-1-3-6-13/h1-3,5-8,11,16H,4,9-10,12,18H2. The van der Waals surface area contributed by atoms with Crippen molar-refractivity contribution in [3.8, 4) is 17.2 Å². The number of ether oxygens (including phenoxy) is 3. The fourth-order valence-corrected chi connectivity index (χ4v) is 2.26. The first-order chi connectivity index (χ1) is 10.3. The summed E-state index contributed by atoms with van der Waals surface area (Å²) in [7, 11) is 0. The van der Waals surface area contributed by atoms with Gasteiger partial charge in [0.25, 0.3) is 0 Å². The van der Waals surface area contributed by atoms with Crippen molar-refractivity contribution in [2.75, 3.05) is 19.8 Å². The first kappa shape index (κ1) is 13.8. The molecule has 3 rings (SSSR count). The number of para-hydroxylation sites is 1. The third kappa shape index (κ3) is 3.47. The molecule has 1 aliphatic rings. The molecule has 1 aliphatic heterocycles. The van der Waals surface area contributed by atoms with Crippen LogP contribution in [0.3, 0.4) is 0 Å². The normalized spacial score (nSPS) is 16.1. The van der Waals surface area contributed by atoms with Crippen LogP contribution in [-0.4, -0.2) is 19.8 Å². The zero-order valence-electron chi connectivity index (χ0n) is 11.8. The van der Waals surface area contributed by atoms with Crippen molar-refractivity contribution in [2.24, 2.45) is 5.73 Å². The van der Waals surface area contributed by atoms with Crippen LogP contribution in [0.2, 0.25) is 0 Å². The molecule has 1 unspecified atom stereocenters. The number of benzene rings is 2. The Bertz CT molecular complexity index is 586. The molecule has 1 atom stereocenters. The topological polar surface area (TPSA) is 53.7 Å². The van der Waals surface area contributed by atoms with Crippen molar-refractivity contribution in [1.82, 2.24) is 0 Å². The molecule has 0 saturated carbocycles. The van der Waals surface area contributed by atoms with E-state index in [0.717, 1.165) is 29.2 Å². The van der Waals surface area contributed by atoms with Gasteiger partial charge < -0.3 is 19.9 Å². The van der Waals surface area contributed by atoms with Gasteiger partial charge in [-0.1, -0.05) is 18.2 Å². The Kier molecular flexibility index (Phi) is 4.26. The van der Waals surface area contributed by atoms with E-state index in [4.69, 9.17) is 19.9 Å². The summed E-state index contributed by atoms with van der Waals surface area (Å²) in [6, 6.07) is 15.6. The van der Waals surface area contributed by atoms with E-state index in [1.165, 1.54) is 0 Å². The number of hydrogen-bond donors (Lipinski definition) is 1. The van der Waals surface area contributed by atoms with Crippen LogP contribution in [0.1, 0.15) is 18.0 Å². The molecular formula is C17H19NO3. The monoisotopic (exact) mass is 285 g/mol. The maximum Gasteiger partial charge on any atom is 0.127 e. The highest BCUT2D eigenvalue weighted by molar-refractivity contribution is 5.44. The second-order valence-electron chi connectivity index (χ2n) is 4.98. The van der Waals surface area contributed by atoms with Crippen molar-refractivity contribution >= 4 is 0 Å². The second kappa shape index (κ2) is 6.50. The predicted molar refractivity (Wildman–Crippen MR) is 80.9 cm³/mol. The Morgan fingerprint density at radius 3 is 2.57 bits per heavy atom. The highest BCUT2D eigenvalue weighted by Gasteiger charge is 2.20. The van der Waals surface area contributed by atoms with Gasteiger partial charge in [0.2, 0.25) is 0 Å². The van der Waals surface area contributed by atoms with Gasteiger partial charge in [0.1, 0.15) is 23.9 Å². The molecule has 2 N–H and O–H groups in total. The van der Waals surface area contributed by atoms with E-state index in [9.17, 15) is 0 Å². The van der Waals surface area contributed by atoms with Crippen LogP contribution in [0.25, 0.3) is 0 Å². The average molecular weight is 285 g/mol. The zero-order valence-corrected chi connectivity index (χ0v) is 11.8. The summed E-state index contributed by atoms with van der Waals surface area (Å²) in [5, 5.41) is 0. The lowest BCUT2D eigenvalue weighted by Crippen LogP contribution is -2.10. The summed E-state index contributed by atoms with van der Waals surface area (Å²) in [6.45, 7) is 1.79. The smallest absolute Gasteiger partial charge is 0.127 e. The molecule has 2 aromatic carbocycles. The Hall–Kier alpha value is -2.20. The first-order valence-corrected chi connectivity index (χ1v) is 7.16. The van der Waals surface area contributed by atoms with E-state index >= 15 is 0 Å². The average Bonchev–Trinajstić information content (AvgIpc) is 2.89. The van der Waals surface area contributed by atoms with Crippen molar-refractivity contribution < 1.29 is 14.2 Å². The minimum atomic E-state index is -0.0201. The minimum Gasteiger partial charge on any atom is -0.493 e. The van der Waals surface area contributed by atoms with Gasteiger partial charge in [-0.2, -0.15) is 0 Å². The third-order valence-corrected chi connectivity index (χ3v) is 3.37. The maximum atomic E-state index is 5.91. The Labute approximate surface area is 124 Å². The van der Waals surface area contributed by atoms with Crippen molar-refractivity contribution in [1.29, 1.82) is 0 Å². The molecule has 4 nitrogen and oxygen atoms in total. The number of nitrogens with two attached hydrogens (primary N) is 1. The van der Waals surface area contributed by atoms with Gasteiger partial charge >= 0.3 is 0 Å². The molecular weight excluding hydrogens is 266 g/mol. The lowest BCUT2D eigenvalue weighted by atomic mass is 10.1. The van der Waals surface area contributed by atoms with Crippen LogP contribution in [0.4, 0.5) is 0 Å². The van der Waals surface area contributed by atoms with Gasteiger partial charge in [-0.3, -0.25) is 0 Å². The zero-order chi connectivity index (χ0) is 14.5. The minimum absolute atomic E-state index is 0.0201. The fourth-order valence-electron chi connectivity index (χ4n) is 2.26. The van der Waals surface area contributed by atoms with Crippen LogP contribution < -0.4 is 19.9 Å². The fraction of sp³-hybridized carbons (Fsp3) is 0.294. The van der Waals surface area contributed by atoms with E-state index < -0.39 is 0 Å². The molecule has 0 amide bonds. The van der Waals surface area contributed by atoms with E-state index in [-0.39, 0.29) is 6.04 Å². The SMILES string of the molecule is NC1COc2cc(OCCCOc3ccccc3)ccc21. The van der Waals surface area contributed by atoms with Crippen LogP contribution in [-0.2, 0) is 0 Å². The lowest BCUT2D eigenvalue weighted by Gasteiger charge is -2.09. The van der Waals surface area contributed by atoms with Crippen molar-refractivity contribution in [3.05, 3.63) is 54.1 Å². The molecule has 0 bridgehead atoms. The third-order valence-electron chi connectivity index (χ3n) is 3.37. The van der Waals surface area contributed by atoms with Gasteiger partial charge in [-0.15, -0.1) is 0 Å². The molecule has 0 aromatic heterocycles. The molecule has 1 heterocycles. The van der Waals surface area contributed by atoms with E-state index in [1.54, 1.807) is 0 Å². The van der Waals surface area contributed by atoms with Crippen LogP contribution >= 0.6 is 0 Å². The number of fused-ring (bicyclic) bond motifs is 1. The summed E-state index contributed by atoms with van der Waals surface area (Å²) in [6.07, 6.45) is 0.826.